The summed E-state index contributed by atoms with van der Waals surface area (Å²) in [6.45, 7) is 7.64. The van der Waals surface area contributed by atoms with E-state index >= 15 is 0 Å². The summed E-state index contributed by atoms with van der Waals surface area (Å²) in [6, 6.07) is 14.2. The number of anilines is 1. The van der Waals surface area contributed by atoms with Gasteiger partial charge in [0.1, 0.15) is 17.6 Å². The van der Waals surface area contributed by atoms with E-state index in [1.165, 1.54) is 0 Å². The number of rotatable bonds is 4. The van der Waals surface area contributed by atoms with E-state index in [4.69, 9.17) is 9.47 Å². The lowest BCUT2D eigenvalue weighted by Gasteiger charge is -2.34. The molecule has 2 aliphatic rings. The van der Waals surface area contributed by atoms with Crippen LogP contribution in [0.25, 0.3) is 0 Å². The van der Waals surface area contributed by atoms with E-state index in [1.807, 2.05) is 43.3 Å². The number of carbonyl (C=O) groups excluding carboxylic acids is 1. The number of hydrogen-bond acceptors (Lipinski definition) is 5. The first-order valence-electron chi connectivity index (χ1n) is 9.69. The Morgan fingerprint density at radius 3 is 2.78 bits per heavy atom. The molecule has 1 N–H and O–H groups in total. The molecule has 27 heavy (non-hydrogen) atoms. The first-order valence-corrected chi connectivity index (χ1v) is 9.69. The Morgan fingerprint density at radius 1 is 1.22 bits per heavy atom. The quantitative estimate of drug-likeness (QED) is 0.896. The number of nitrogens with zero attached hydrogens (tertiary/aromatic N) is 1. The van der Waals surface area contributed by atoms with E-state index in [2.05, 4.69) is 23.2 Å². The summed E-state index contributed by atoms with van der Waals surface area (Å²) in [5.41, 5.74) is 2.79. The van der Waals surface area contributed by atoms with Crippen LogP contribution in [0.15, 0.2) is 42.5 Å². The minimum absolute atomic E-state index is 0.139. The average Bonchev–Trinajstić information content (AvgIpc) is 2.68. The summed E-state index contributed by atoms with van der Waals surface area (Å²) in [7, 11) is 0. The van der Waals surface area contributed by atoms with Crippen LogP contribution in [0.1, 0.15) is 42.3 Å². The van der Waals surface area contributed by atoms with Crippen molar-refractivity contribution in [2.75, 3.05) is 31.1 Å². The van der Waals surface area contributed by atoms with Crippen molar-refractivity contribution >= 4 is 11.5 Å². The van der Waals surface area contributed by atoms with Gasteiger partial charge in [0.05, 0.1) is 18.6 Å². The van der Waals surface area contributed by atoms with Crippen molar-refractivity contribution in [3.05, 3.63) is 53.6 Å². The summed E-state index contributed by atoms with van der Waals surface area (Å²) in [5, 5.41) is 3.45. The summed E-state index contributed by atoms with van der Waals surface area (Å²) < 4.78 is 11.6. The maximum atomic E-state index is 12.8. The lowest BCUT2D eigenvalue weighted by Crippen LogP contribution is -2.49. The molecule has 2 aromatic carbocycles. The van der Waals surface area contributed by atoms with Crippen LogP contribution in [-0.4, -0.2) is 38.1 Å². The Labute approximate surface area is 160 Å². The van der Waals surface area contributed by atoms with Gasteiger partial charge < -0.3 is 19.7 Å². The number of Topliss-reactive ketones (excluding diaryl/α,β-unsaturated/α-hetero) is 1. The Morgan fingerprint density at radius 2 is 2.04 bits per heavy atom. The Balaban J connectivity index is 1.53. The van der Waals surface area contributed by atoms with Crippen LogP contribution in [0.2, 0.25) is 0 Å². The van der Waals surface area contributed by atoms with Crippen LogP contribution >= 0.6 is 0 Å². The second-order valence-corrected chi connectivity index (χ2v) is 7.22. The van der Waals surface area contributed by atoms with Gasteiger partial charge in [-0.2, -0.15) is 0 Å². The highest BCUT2D eigenvalue weighted by Crippen LogP contribution is 2.37. The van der Waals surface area contributed by atoms with Gasteiger partial charge in [0, 0.05) is 31.4 Å². The molecule has 0 spiro atoms. The number of hydrogen-bond donors (Lipinski definition) is 1. The molecule has 2 aromatic rings. The average molecular weight is 366 g/mol. The number of ether oxygens (including phenoxy) is 2. The van der Waals surface area contributed by atoms with Crippen LogP contribution in [0.5, 0.6) is 11.5 Å². The first kappa shape index (κ1) is 17.9. The van der Waals surface area contributed by atoms with Crippen molar-refractivity contribution in [2.24, 2.45) is 0 Å². The zero-order chi connectivity index (χ0) is 18.8. The molecular weight excluding hydrogens is 340 g/mol. The number of benzene rings is 2. The van der Waals surface area contributed by atoms with E-state index in [-0.39, 0.29) is 11.9 Å². The predicted octanol–water partition coefficient (Wildman–Crippen LogP) is 3.59. The molecule has 0 saturated carbocycles. The van der Waals surface area contributed by atoms with E-state index in [9.17, 15) is 4.79 Å². The maximum absolute atomic E-state index is 12.8. The van der Waals surface area contributed by atoms with Crippen LogP contribution in [0, 0.1) is 0 Å². The molecule has 1 fully saturated rings. The molecule has 0 aromatic heterocycles. The standard InChI is InChI=1S/C22H26N2O3/c1-3-26-18-7-4-16(5-8-18)22-13-20(25)19-12-17(6-9-21(19)27-22)24-11-10-23-15(2)14-24/h4-9,12,15,22-23H,3,10-11,13-14H2,1-2H3/t15-,22?/m0/s1. The van der Waals surface area contributed by atoms with Gasteiger partial charge in [-0.3, -0.25) is 4.79 Å². The number of ketones is 1. The van der Waals surface area contributed by atoms with E-state index in [0.717, 1.165) is 36.6 Å². The third-order valence-electron chi connectivity index (χ3n) is 5.20. The third-order valence-corrected chi connectivity index (χ3v) is 5.20. The molecule has 5 nitrogen and oxygen atoms in total. The molecular formula is C22H26N2O3. The molecule has 2 atom stereocenters. The molecule has 0 bridgehead atoms. The zero-order valence-corrected chi connectivity index (χ0v) is 15.9. The van der Waals surface area contributed by atoms with Gasteiger partial charge >= 0.3 is 0 Å². The SMILES string of the molecule is CCOc1ccc(C2CC(=O)c3cc(N4CCN[C@@H](C)C4)ccc3O2)cc1. The van der Waals surface area contributed by atoms with Crippen LogP contribution < -0.4 is 19.7 Å². The van der Waals surface area contributed by atoms with Crippen LogP contribution in [0.3, 0.4) is 0 Å². The lowest BCUT2D eigenvalue weighted by molar-refractivity contribution is 0.0850. The van der Waals surface area contributed by atoms with Gasteiger partial charge in [-0.25, -0.2) is 0 Å². The van der Waals surface area contributed by atoms with Crippen molar-refractivity contribution in [3.8, 4) is 11.5 Å². The second-order valence-electron chi connectivity index (χ2n) is 7.22. The Bertz CT molecular complexity index is 819. The predicted molar refractivity (Wildman–Crippen MR) is 106 cm³/mol. The zero-order valence-electron chi connectivity index (χ0n) is 15.9. The molecule has 2 aliphatic heterocycles. The van der Waals surface area contributed by atoms with Gasteiger partial charge in [-0.15, -0.1) is 0 Å². The van der Waals surface area contributed by atoms with Crippen molar-refractivity contribution in [1.82, 2.24) is 5.32 Å². The van der Waals surface area contributed by atoms with Gasteiger partial charge in [0.15, 0.2) is 5.78 Å². The minimum Gasteiger partial charge on any atom is -0.494 e. The van der Waals surface area contributed by atoms with Gasteiger partial charge in [0.25, 0.3) is 0 Å². The van der Waals surface area contributed by atoms with Gasteiger partial charge in [-0.05, 0) is 49.7 Å². The van der Waals surface area contributed by atoms with Crippen molar-refractivity contribution in [3.63, 3.8) is 0 Å². The molecule has 1 unspecified atom stereocenters. The van der Waals surface area contributed by atoms with Crippen LogP contribution in [0.4, 0.5) is 5.69 Å². The van der Waals surface area contributed by atoms with E-state index in [0.29, 0.717) is 30.4 Å². The third kappa shape index (κ3) is 3.78. The number of piperazine rings is 1. The van der Waals surface area contributed by atoms with Crippen LogP contribution in [-0.2, 0) is 0 Å². The van der Waals surface area contributed by atoms with E-state index in [1.54, 1.807) is 0 Å². The number of fused-ring (bicyclic) bond motifs is 1. The number of carbonyl (C=O) groups is 1. The topological polar surface area (TPSA) is 50.8 Å². The van der Waals surface area contributed by atoms with Crippen molar-refractivity contribution in [2.45, 2.75) is 32.4 Å². The lowest BCUT2D eigenvalue weighted by atomic mass is 9.95. The smallest absolute Gasteiger partial charge is 0.170 e. The summed E-state index contributed by atoms with van der Waals surface area (Å²) >= 11 is 0. The molecule has 4 rings (SSSR count). The Kier molecular flexibility index (Phi) is 5.03. The molecule has 5 heteroatoms. The maximum Gasteiger partial charge on any atom is 0.170 e. The monoisotopic (exact) mass is 366 g/mol. The highest BCUT2D eigenvalue weighted by atomic mass is 16.5. The highest BCUT2D eigenvalue weighted by molar-refractivity contribution is 6.01. The van der Waals surface area contributed by atoms with E-state index < -0.39 is 0 Å². The van der Waals surface area contributed by atoms with Crippen molar-refractivity contribution in [1.29, 1.82) is 0 Å². The number of nitrogens with one attached hydrogen (secondary N) is 1. The summed E-state index contributed by atoms with van der Waals surface area (Å²) in [5.74, 6) is 1.65. The molecule has 142 valence electrons. The normalized spacial score (nSPS) is 22.1. The summed E-state index contributed by atoms with van der Waals surface area (Å²) in [4.78, 5) is 15.1. The fourth-order valence-electron chi connectivity index (χ4n) is 3.81. The molecule has 0 radical (unpaired) electrons. The second kappa shape index (κ2) is 7.61. The van der Waals surface area contributed by atoms with Gasteiger partial charge in [0.2, 0.25) is 0 Å². The first-order chi connectivity index (χ1) is 13.1. The highest BCUT2D eigenvalue weighted by Gasteiger charge is 2.29. The molecule has 2 heterocycles. The molecule has 1 saturated heterocycles. The fraction of sp³-hybridized carbons (Fsp3) is 0.409. The summed E-state index contributed by atoms with van der Waals surface area (Å²) in [6.07, 6.45) is 0.119. The van der Waals surface area contributed by atoms with Crippen molar-refractivity contribution < 1.29 is 14.3 Å². The van der Waals surface area contributed by atoms with Gasteiger partial charge in [-0.1, -0.05) is 12.1 Å². The largest absolute Gasteiger partial charge is 0.494 e. The minimum atomic E-state index is -0.245. The molecule has 0 aliphatic carbocycles. The molecule has 0 amide bonds. The Hall–Kier alpha value is -2.53. The fourth-order valence-corrected chi connectivity index (χ4v) is 3.81.